The molecular weight excluding hydrogens is 268 g/mol. The Morgan fingerprint density at radius 1 is 1.38 bits per heavy atom. The van der Waals surface area contributed by atoms with Gasteiger partial charge in [0, 0.05) is 7.05 Å². The van der Waals surface area contributed by atoms with Gasteiger partial charge in [-0.1, -0.05) is 23.1 Å². The summed E-state index contributed by atoms with van der Waals surface area (Å²) in [6, 6.07) is 0. The van der Waals surface area contributed by atoms with Gasteiger partial charge in [0.1, 0.15) is 10.8 Å². The smallest absolute Gasteiger partial charge is 0.207 e. The van der Waals surface area contributed by atoms with Crippen LogP contribution in [0.4, 0.5) is 0 Å². The number of halogens is 1. The highest BCUT2D eigenvalue weighted by atomic mass is 35.5. The van der Waals surface area contributed by atoms with E-state index in [1.54, 1.807) is 0 Å². The van der Waals surface area contributed by atoms with E-state index in [1.165, 1.54) is 23.1 Å². The zero-order valence-corrected chi connectivity index (χ0v) is 10.8. The third-order valence-electron chi connectivity index (χ3n) is 1.87. The minimum Gasteiger partial charge on any atom is -0.324 e. The first-order chi connectivity index (χ1) is 7.70. The molecule has 2 aromatic heterocycles. The van der Waals surface area contributed by atoms with Crippen LogP contribution < -0.4 is 5.73 Å². The van der Waals surface area contributed by atoms with Gasteiger partial charge in [0.15, 0.2) is 5.16 Å². The lowest BCUT2D eigenvalue weighted by atomic mass is 10.6. The molecule has 2 rings (SSSR count). The minimum atomic E-state index is 0.384. The van der Waals surface area contributed by atoms with Crippen molar-refractivity contribution in [2.45, 2.75) is 17.5 Å². The average Bonchev–Trinajstić information content (AvgIpc) is 2.83. The fourth-order valence-corrected chi connectivity index (χ4v) is 2.85. The van der Waals surface area contributed by atoms with Crippen molar-refractivity contribution in [2.75, 3.05) is 0 Å². The van der Waals surface area contributed by atoms with E-state index in [0.29, 0.717) is 16.8 Å². The minimum absolute atomic E-state index is 0.384. The quantitative estimate of drug-likeness (QED) is 0.841. The second kappa shape index (κ2) is 5.09. The van der Waals surface area contributed by atoms with Crippen LogP contribution in [-0.4, -0.2) is 25.0 Å². The molecule has 2 heterocycles. The van der Waals surface area contributed by atoms with Gasteiger partial charge in [0.25, 0.3) is 0 Å². The van der Waals surface area contributed by atoms with Crippen LogP contribution in [0, 0.1) is 0 Å². The van der Waals surface area contributed by atoms with Gasteiger partial charge >= 0.3 is 0 Å². The Morgan fingerprint density at radius 3 is 2.75 bits per heavy atom. The summed E-state index contributed by atoms with van der Waals surface area (Å²) in [4.78, 5) is 0. The number of thioether (sulfide) groups is 1. The summed E-state index contributed by atoms with van der Waals surface area (Å²) >= 11 is 8.58. The molecule has 0 fully saturated rings. The maximum Gasteiger partial charge on any atom is 0.207 e. The first kappa shape index (κ1) is 11.8. The van der Waals surface area contributed by atoms with E-state index >= 15 is 0 Å². The third kappa shape index (κ3) is 2.51. The molecule has 0 saturated heterocycles. The van der Waals surface area contributed by atoms with E-state index in [4.69, 9.17) is 17.3 Å². The molecular formula is C7H9ClN6S2. The summed E-state index contributed by atoms with van der Waals surface area (Å²) in [5, 5.41) is 17.3. The Kier molecular flexibility index (Phi) is 3.74. The largest absolute Gasteiger partial charge is 0.324 e. The van der Waals surface area contributed by atoms with E-state index in [-0.39, 0.29) is 0 Å². The second-order valence-corrected chi connectivity index (χ2v) is 5.49. The lowest BCUT2D eigenvalue weighted by Crippen LogP contribution is -2.05. The molecule has 0 aromatic carbocycles. The predicted octanol–water partition coefficient (Wildman–Crippen LogP) is 1.07. The van der Waals surface area contributed by atoms with E-state index < -0.39 is 0 Å². The molecule has 2 N–H and O–H groups in total. The highest BCUT2D eigenvalue weighted by Crippen LogP contribution is 2.24. The molecule has 9 heteroatoms. The topological polar surface area (TPSA) is 82.5 Å². The number of hydrogen-bond donors (Lipinski definition) is 1. The monoisotopic (exact) mass is 276 g/mol. The van der Waals surface area contributed by atoms with Crippen LogP contribution in [0.5, 0.6) is 0 Å². The maximum atomic E-state index is 5.69. The SMILES string of the molecule is Cn1c(CN)nnc1SCc1nnc(Cl)s1. The summed E-state index contributed by atoms with van der Waals surface area (Å²) in [6.07, 6.45) is 0. The van der Waals surface area contributed by atoms with Crippen molar-refractivity contribution in [2.24, 2.45) is 12.8 Å². The van der Waals surface area contributed by atoms with Crippen molar-refractivity contribution in [1.82, 2.24) is 25.0 Å². The Labute approximate surface area is 105 Å². The molecule has 0 aliphatic carbocycles. The summed E-state index contributed by atoms with van der Waals surface area (Å²) in [5.41, 5.74) is 5.50. The molecule has 16 heavy (non-hydrogen) atoms. The Morgan fingerprint density at radius 2 is 2.19 bits per heavy atom. The lowest BCUT2D eigenvalue weighted by Gasteiger charge is -1.99. The Balaban J connectivity index is 2.02. The van der Waals surface area contributed by atoms with Gasteiger partial charge in [-0.2, -0.15) is 0 Å². The fourth-order valence-electron chi connectivity index (χ4n) is 1.07. The zero-order chi connectivity index (χ0) is 11.5. The van der Waals surface area contributed by atoms with Crippen LogP contribution in [0.25, 0.3) is 0 Å². The van der Waals surface area contributed by atoms with Crippen LogP contribution in [0.15, 0.2) is 5.16 Å². The standard InChI is InChI=1S/C7H9ClN6S2/c1-14-4(2-9)10-13-7(14)15-3-5-11-12-6(8)16-5/h2-3,9H2,1H3. The fraction of sp³-hybridized carbons (Fsp3) is 0.429. The summed E-state index contributed by atoms with van der Waals surface area (Å²) < 4.78 is 2.32. The number of aromatic nitrogens is 5. The molecule has 6 nitrogen and oxygen atoms in total. The van der Waals surface area contributed by atoms with Crippen LogP contribution in [0.1, 0.15) is 10.8 Å². The van der Waals surface area contributed by atoms with Gasteiger partial charge in [-0.15, -0.1) is 20.4 Å². The van der Waals surface area contributed by atoms with Crippen LogP contribution in [-0.2, 0) is 19.3 Å². The predicted molar refractivity (Wildman–Crippen MR) is 63.4 cm³/mol. The van der Waals surface area contributed by atoms with Gasteiger partial charge in [-0.25, -0.2) is 0 Å². The summed E-state index contributed by atoms with van der Waals surface area (Å²) in [5.74, 6) is 1.44. The average molecular weight is 277 g/mol. The second-order valence-electron chi connectivity index (χ2n) is 2.90. The van der Waals surface area contributed by atoms with Crippen LogP contribution >= 0.6 is 34.7 Å². The van der Waals surface area contributed by atoms with Crippen molar-refractivity contribution >= 4 is 34.7 Å². The van der Waals surface area contributed by atoms with Crippen molar-refractivity contribution in [3.05, 3.63) is 15.3 Å². The lowest BCUT2D eigenvalue weighted by molar-refractivity contribution is 0.734. The molecule has 0 unspecified atom stereocenters. The zero-order valence-electron chi connectivity index (χ0n) is 8.42. The van der Waals surface area contributed by atoms with Crippen LogP contribution in [0.2, 0.25) is 4.47 Å². The number of hydrogen-bond acceptors (Lipinski definition) is 7. The summed E-state index contributed by atoms with van der Waals surface area (Å²) in [7, 11) is 1.89. The van der Waals surface area contributed by atoms with E-state index in [1.807, 2.05) is 11.6 Å². The van der Waals surface area contributed by atoms with Gasteiger partial charge in [0.2, 0.25) is 4.47 Å². The van der Waals surface area contributed by atoms with Crippen molar-refractivity contribution in [3.63, 3.8) is 0 Å². The summed E-state index contributed by atoms with van der Waals surface area (Å²) in [6.45, 7) is 0.384. The van der Waals surface area contributed by atoms with Gasteiger partial charge in [0.05, 0.1) is 12.3 Å². The van der Waals surface area contributed by atoms with E-state index in [2.05, 4.69) is 20.4 Å². The highest BCUT2D eigenvalue weighted by molar-refractivity contribution is 7.98. The van der Waals surface area contributed by atoms with E-state index in [9.17, 15) is 0 Å². The van der Waals surface area contributed by atoms with Crippen molar-refractivity contribution in [3.8, 4) is 0 Å². The molecule has 0 spiro atoms. The molecule has 0 radical (unpaired) electrons. The first-order valence-corrected chi connectivity index (χ1v) is 6.57. The molecule has 86 valence electrons. The van der Waals surface area contributed by atoms with Gasteiger partial charge in [-0.3, -0.25) is 0 Å². The molecule has 0 bridgehead atoms. The maximum absolute atomic E-state index is 5.69. The van der Waals surface area contributed by atoms with Gasteiger partial charge < -0.3 is 10.3 Å². The van der Waals surface area contributed by atoms with Gasteiger partial charge in [-0.05, 0) is 11.6 Å². The molecule has 0 saturated carbocycles. The molecule has 2 aromatic rings. The number of nitrogens with zero attached hydrogens (tertiary/aromatic N) is 5. The third-order valence-corrected chi connectivity index (χ3v) is 4.11. The normalized spacial score (nSPS) is 10.9. The Bertz CT molecular complexity index is 481. The highest BCUT2D eigenvalue weighted by Gasteiger charge is 2.09. The van der Waals surface area contributed by atoms with E-state index in [0.717, 1.165) is 16.0 Å². The molecule has 0 amide bonds. The number of nitrogens with two attached hydrogens (primary N) is 1. The van der Waals surface area contributed by atoms with Crippen LogP contribution in [0.3, 0.4) is 0 Å². The first-order valence-electron chi connectivity index (χ1n) is 4.39. The molecule has 0 atom stereocenters. The molecule has 0 aliphatic heterocycles. The van der Waals surface area contributed by atoms with Crippen molar-refractivity contribution in [1.29, 1.82) is 0 Å². The molecule has 0 aliphatic rings. The Hall–Kier alpha value is -0.700. The number of rotatable bonds is 4. The van der Waals surface area contributed by atoms with Crippen molar-refractivity contribution < 1.29 is 0 Å².